The van der Waals surface area contributed by atoms with E-state index in [1.165, 1.54) is 18.1 Å². The van der Waals surface area contributed by atoms with Crippen molar-refractivity contribution >= 4 is 23.6 Å². The van der Waals surface area contributed by atoms with Gasteiger partial charge in [0, 0.05) is 50.3 Å². The van der Waals surface area contributed by atoms with Gasteiger partial charge in [0.05, 0.1) is 0 Å². The Labute approximate surface area is 193 Å². The van der Waals surface area contributed by atoms with Crippen LogP contribution < -0.4 is 14.8 Å². The zero-order valence-electron chi connectivity index (χ0n) is 18.5. The molecular formula is C24H29N3O4S. The summed E-state index contributed by atoms with van der Waals surface area (Å²) in [6.45, 7) is 7.46. The quantitative estimate of drug-likeness (QED) is 0.648. The van der Waals surface area contributed by atoms with Crippen molar-refractivity contribution in [3.63, 3.8) is 0 Å². The standard InChI is InChI=1S/C24H29N3O4S/c1-17-3-6-20(7-4-17)32-15-21(25-18(2)28)24(29)27-11-9-26(10-12-27)14-19-5-8-22-23(13-19)31-16-30-22/h3-8,13,21H,9-12,14-16H2,1-2H3,(H,25,28). The average Bonchev–Trinajstić information content (AvgIpc) is 3.25. The van der Waals surface area contributed by atoms with Crippen molar-refractivity contribution in [3.05, 3.63) is 53.6 Å². The zero-order valence-corrected chi connectivity index (χ0v) is 19.3. The Hall–Kier alpha value is -2.71. The van der Waals surface area contributed by atoms with Gasteiger partial charge in [-0.1, -0.05) is 23.8 Å². The molecule has 1 unspecified atom stereocenters. The molecule has 0 spiro atoms. The second-order valence-corrected chi connectivity index (χ2v) is 9.26. The fraction of sp³-hybridized carbons (Fsp3) is 0.417. The number of carbonyl (C=O) groups excluding carboxylic acids is 2. The van der Waals surface area contributed by atoms with E-state index < -0.39 is 6.04 Å². The number of nitrogens with zero attached hydrogens (tertiary/aromatic N) is 2. The molecule has 0 radical (unpaired) electrons. The van der Waals surface area contributed by atoms with Crippen LogP contribution in [0.5, 0.6) is 11.5 Å². The second kappa shape index (κ2) is 10.3. The van der Waals surface area contributed by atoms with Crippen molar-refractivity contribution in [2.75, 3.05) is 38.7 Å². The van der Waals surface area contributed by atoms with E-state index in [1.54, 1.807) is 11.8 Å². The molecule has 1 fully saturated rings. The molecular weight excluding hydrogens is 426 g/mol. The van der Waals surface area contributed by atoms with Crippen molar-refractivity contribution in [2.24, 2.45) is 0 Å². The number of aryl methyl sites for hydroxylation is 1. The van der Waals surface area contributed by atoms with Crippen molar-refractivity contribution < 1.29 is 19.1 Å². The topological polar surface area (TPSA) is 71.1 Å². The van der Waals surface area contributed by atoms with Crippen molar-refractivity contribution in [1.82, 2.24) is 15.1 Å². The normalized spacial score (nSPS) is 16.6. The van der Waals surface area contributed by atoms with E-state index >= 15 is 0 Å². The summed E-state index contributed by atoms with van der Waals surface area (Å²) in [5.74, 6) is 1.90. The first kappa shape index (κ1) is 22.5. The molecule has 2 aliphatic heterocycles. The van der Waals surface area contributed by atoms with Crippen LogP contribution in [0.3, 0.4) is 0 Å². The van der Waals surface area contributed by atoms with E-state index in [-0.39, 0.29) is 18.6 Å². The van der Waals surface area contributed by atoms with Crippen LogP contribution in [0.1, 0.15) is 18.1 Å². The van der Waals surface area contributed by atoms with Crippen LogP contribution in [0.25, 0.3) is 0 Å². The Bertz CT molecular complexity index is 958. The van der Waals surface area contributed by atoms with Gasteiger partial charge in [-0.25, -0.2) is 0 Å². The second-order valence-electron chi connectivity index (χ2n) is 8.17. The molecule has 2 aromatic rings. The highest BCUT2D eigenvalue weighted by Crippen LogP contribution is 2.32. The molecule has 0 aromatic heterocycles. The summed E-state index contributed by atoms with van der Waals surface area (Å²) in [6, 6.07) is 13.7. The minimum atomic E-state index is -0.529. The SMILES string of the molecule is CC(=O)NC(CSc1ccc(C)cc1)C(=O)N1CCN(Cc2ccc3c(c2)OCO3)CC1. The molecule has 2 amide bonds. The lowest BCUT2D eigenvalue weighted by Crippen LogP contribution is -2.55. The monoisotopic (exact) mass is 455 g/mol. The Balaban J connectivity index is 1.30. The fourth-order valence-electron chi connectivity index (χ4n) is 3.88. The summed E-state index contributed by atoms with van der Waals surface area (Å²) in [5, 5.41) is 2.84. The lowest BCUT2D eigenvalue weighted by molar-refractivity contribution is -0.137. The number of hydrogen-bond donors (Lipinski definition) is 1. The number of hydrogen-bond acceptors (Lipinski definition) is 6. The van der Waals surface area contributed by atoms with E-state index in [4.69, 9.17) is 9.47 Å². The van der Waals surface area contributed by atoms with Crippen molar-refractivity contribution in [1.29, 1.82) is 0 Å². The highest BCUT2D eigenvalue weighted by atomic mass is 32.2. The molecule has 1 N–H and O–H groups in total. The lowest BCUT2D eigenvalue weighted by atomic mass is 10.1. The molecule has 1 saturated heterocycles. The molecule has 1 atom stereocenters. The first-order valence-electron chi connectivity index (χ1n) is 10.8. The first-order chi connectivity index (χ1) is 15.5. The van der Waals surface area contributed by atoms with Gasteiger partial charge in [0.15, 0.2) is 11.5 Å². The number of fused-ring (bicyclic) bond motifs is 1. The first-order valence-corrected chi connectivity index (χ1v) is 11.8. The van der Waals surface area contributed by atoms with Gasteiger partial charge >= 0.3 is 0 Å². The third kappa shape index (κ3) is 5.75. The molecule has 8 heteroatoms. The Morgan fingerprint density at radius 2 is 1.75 bits per heavy atom. The molecule has 2 aliphatic rings. The number of ether oxygens (including phenoxy) is 2. The number of amides is 2. The zero-order chi connectivity index (χ0) is 22.5. The van der Waals surface area contributed by atoms with Crippen LogP contribution in [0.2, 0.25) is 0 Å². The van der Waals surface area contributed by atoms with Crippen LogP contribution in [-0.4, -0.2) is 66.4 Å². The third-order valence-corrected chi connectivity index (χ3v) is 6.75. The molecule has 4 rings (SSSR count). The summed E-state index contributed by atoms with van der Waals surface area (Å²) >= 11 is 1.59. The predicted molar refractivity (Wildman–Crippen MR) is 124 cm³/mol. The van der Waals surface area contributed by atoms with Crippen molar-refractivity contribution in [2.45, 2.75) is 31.3 Å². The minimum absolute atomic E-state index is 0.0115. The van der Waals surface area contributed by atoms with Gasteiger partial charge in [0.1, 0.15) is 6.04 Å². The largest absolute Gasteiger partial charge is 0.454 e. The minimum Gasteiger partial charge on any atom is -0.454 e. The predicted octanol–water partition coefficient (Wildman–Crippen LogP) is 2.66. The average molecular weight is 456 g/mol. The molecule has 0 aliphatic carbocycles. The van der Waals surface area contributed by atoms with Crippen molar-refractivity contribution in [3.8, 4) is 11.5 Å². The van der Waals surface area contributed by atoms with Crippen LogP contribution in [0, 0.1) is 6.92 Å². The van der Waals surface area contributed by atoms with E-state index in [9.17, 15) is 9.59 Å². The summed E-state index contributed by atoms with van der Waals surface area (Å²) in [6.07, 6.45) is 0. The maximum absolute atomic E-state index is 13.2. The van der Waals surface area contributed by atoms with Gasteiger partial charge in [-0.05, 0) is 36.8 Å². The lowest BCUT2D eigenvalue weighted by Gasteiger charge is -2.36. The fourth-order valence-corrected chi connectivity index (χ4v) is 4.79. The van der Waals surface area contributed by atoms with Crippen LogP contribution in [0.15, 0.2) is 47.4 Å². The molecule has 2 heterocycles. The smallest absolute Gasteiger partial charge is 0.246 e. The number of rotatable bonds is 7. The maximum atomic E-state index is 13.2. The highest BCUT2D eigenvalue weighted by molar-refractivity contribution is 7.99. The Morgan fingerprint density at radius 1 is 1.03 bits per heavy atom. The van der Waals surface area contributed by atoms with Crippen LogP contribution in [-0.2, 0) is 16.1 Å². The van der Waals surface area contributed by atoms with E-state index in [0.29, 0.717) is 18.8 Å². The van der Waals surface area contributed by atoms with Gasteiger partial charge in [-0.2, -0.15) is 0 Å². The molecule has 32 heavy (non-hydrogen) atoms. The molecule has 0 saturated carbocycles. The number of thioether (sulfide) groups is 1. The molecule has 0 bridgehead atoms. The summed E-state index contributed by atoms with van der Waals surface area (Å²) in [5.41, 5.74) is 2.36. The van der Waals surface area contributed by atoms with E-state index in [0.717, 1.165) is 36.0 Å². The summed E-state index contributed by atoms with van der Waals surface area (Å²) in [7, 11) is 0. The van der Waals surface area contributed by atoms with Gasteiger partial charge in [-0.15, -0.1) is 11.8 Å². The number of piperazine rings is 1. The van der Waals surface area contributed by atoms with Gasteiger partial charge in [-0.3, -0.25) is 14.5 Å². The molecule has 2 aromatic carbocycles. The van der Waals surface area contributed by atoms with Gasteiger partial charge < -0.3 is 19.7 Å². The number of nitrogens with one attached hydrogen (secondary N) is 1. The van der Waals surface area contributed by atoms with Gasteiger partial charge in [0.2, 0.25) is 18.6 Å². The Kier molecular flexibility index (Phi) is 7.22. The Morgan fingerprint density at radius 3 is 2.47 bits per heavy atom. The van der Waals surface area contributed by atoms with E-state index in [2.05, 4.69) is 28.4 Å². The highest BCUT2D eigenvalue weighted by Gasteiger charge is 2.28. The molecule has 170 valence electrons. The van der Waals surface area contributed by atoms with Gasteiger partial charge in [0.25, 0.3) is 0 Å². The van der Waals surface area contributed by atoms with Crippen LogP contribution >= 0.6 is 11.8 Å². The maximum Gasteiger partial charge on any atom is 0.246 e. The summed E-state index contributed by atoms with van der Waals surface area (Å²) < 4.78 is 10.8. The third-order valence-electron chi connectivity index (χ3n) is 5.64. The number of carbonyl (C=O) groups is 2. The summed E-state index contributed by atoms with van der Waals surface area (Å²) in [4.78, 5) is 30.2. The number of benzene rings is 2. The molecule has 7 nitrogen and oxygen atoms in total. The van der Waals surface area contributed by atoms with Crippen LogP contribution in [0.4, 0.5) is 0 Å². The van der Waals surface area contributed by atoms with E-state index in [1.807, 2.05) is 36.1 Å².